The van der Waals surface area contributed by atoms with Crippen molar-refractivity contribution < 1.29 is 32.7 Å². The van der Waals surface area contributed by atoms with Crippen LogP contribution in [0.5, 0.6) is 0 Å². The zero-order valence-corrected chi connectivity index (χ0v) is 19.3. The molecule has 3 rings (SSSR count). The molecule has 2 aromatic carbocycles. The van der Waals surface area contributed by atoms with Crippen LogP contribution in [0, 0.1) is 5.92 Å². The first kappa shape index (κ1) is 26.1. The van der Waals surface area contributed by atoms with Crippen molar-refractivity contribution in [1.29, 1.82) is 0 Å². The fourth-order valence-electron chi connectivity index (χ4n) is 3.71. The van der Waals surface area contributed by atoms with Crippen molar-refractivity contribution in [2.24, 2.45) is 5.92 Å². The highest BCUT2D eigenvalue weighted by molar-refractivity contribution is 6.30. The topological polar surface area (TPSA) is 114 Å². The summed E-state index contributed by atoms with van der Waals surface area (Å²) >= 11 is 5.86. The van der Waals surface area contributed by atoms with E-state index in [0.29, 0.717) is 19.3 Å². The number of rotatable bonds is 10. The summed E-state index contributed by atoms with van der Waals surface area (Å²) in [5.74, 6) is -4.98. The third-order valence-corrected chi connectivity index (χ3v) is 5.71. The van der Waals surface area contributed by atoms with Gasteiger partial charge in [-0.1, -0.05) is 54.1 Å². The van der Waals surface area contributed by atoms with Gasteiger partial charge in [-0.25, -0.2) is 4.79 Å². The standard InChI is InChI=1S/C24H24ClF2N3O5/c25-18-8-4-7-17(12-18)24(26,27)21(15-5-2-1-3-6-15)35-23(34)29-13-20(32)30-19(14-31)11-16-9-10-28-22(16)33/h1-8,12,14,16,19,21H,9-11,13H2,(H,28,33)(H,29,34)(H,30,32). The van der Waals surface area contributed by atoms with Gasteiger partial charge in [-0.3, -0.25) is 9.59 Å². The second-order valence-corrected chi connectivity index (χ2v) is 8.44. The number of alkyl carbamates (subject to hydrolysis) is 1. The molecule has 3 amide bonds. The van der Waals surface area contributed by atoms with Crippen molar-refractivity contribution in [2.75, 3.05) is 13.1 Å². The molecule has 0 aliphatic carbocycles. The van der Waals surface area contributed by atoms with Crippen LogP contribution in [0.15, 0.2) is 54.6 Å². The van der Waals surface area contributed by atoms with Crippen LogP contribution in [0.25, 0.3) is 0 Å². The van der Waals surface area contributed by atoms with Gasteiger partial charge in [0.1, 0.15) is 12.8 Å². The first-order chi connectivity index (χ1) is 16.7. The Bertz CT molecular complexity index is 1070. The van der Waals surface area contributed by atoms with Crippen molar-refractivity contribution in [1.82, 2.24) is 16.0 Å². The third-order valence-electron chi connectivity index (χ3n) is 5.47. The smallest absolute Gasteiger partial charge is 0.408 e. The van der Waals surface area contributed by atoms with Gasteiger partial charge in [0.05, 0.1) is 6.04 Å². The molecule has 35 heavy (non-hydrogen) atoms. The first-order valence-corrected chi connectivity index (χ1v) is 11.2. The van der Waals surface area contributed by atoms with Crippen molar-refractivity contribution in [2.45, 2.75) is 30.9 Å². The summed E-state index contributed by atoms with van der Waals surface area (Å²) in [5, 5.41) is 7.25. The molecular formula is C24H24ClF2N3O5. The Morgan fingerprint density at radius 1 is 1.20 bits per heavy atom. The Morgan fingerprint density at radius 3 is 2.57 bits per heavy atom. The number of carbonyl (C=O) groups is 4. The number of nitrogens with one attached hydrogen (secondary N) is 3. The average Bonchev–Trinajstić information content (AvgIpc) is 3.25. The molecule has 8 nitrogen and oxygen atoms in total. The monoisotopic (exact) mass is 507 g/mol. The van der Waals surface area contributed by atoms with Gasteiger partial charge in [0, 0.05) is 23.0 Å². The summed E-state index contributed by atoms with van der Waals surface area (Å²) in [6.07, 6.45) is -2.10. The van der Waals surface area contributed by atoms with Gasteiger partial charge < -0.3 is 25.5 Å². The van der Waals surface area contributed by atoms with Gasteiger partial charge in [-0.2, -0.15) is 8.78 Å². The molecule has 11 heteroatoms. The number of amides is 3. The molecule has 0 saturated carbocycles. The van der Waals surface area contributed by atoms with E-state index in [1.165, 1.54) is 42.5 Å². The van der Waals surface area contributed by atoms with E-state index < -0.39 is 48.1 Å². The summed E-state index contributed by atoms with van der Waals surface area (Å²) < 4.78 is 35.8. The van der Waals surface area contributed by atoms with Crippen LogP contribution in [-0.4, -0.2) is 43.3 Å². The molecule has 0 aromatic heterocycles. The number of carbonyl (C=O) groups excluding carboxylic acids is 4. The molecule has 0 radical (unpaired) electrons. The van der Waals surface area contributed by atoms with E-state index in [-0.39, 0.29) is 22.9 Å². The SMILES string of the molecule is O=CC(CC1CCNC1=O)NC(=O)CNC(=O)OC(c1ccccc1)C(F)(F)c1cccc(Cl)c1. The maximum absolute atomic E-state index is 15.4. The predicted octanol–water partition coefficient (Wildman–Crippen LogP) is 3.11. The van der Waals surface area contributed by atoms with Crippen molar-refractivity contribution in [3.63, 3.8) is 0 Å². The van der Waals surface area contributed by atoms with Gasteiger partial charge in [-0.05, 0) is 30.5 Å². The minimum absolute atomic E-state index is 0.0351. The molecule has 1 aliphatic heterocycles. The number of ether oxygens (including phenoxy) is 1. The van der Waals surface area contributed by atoms with E-state index in [1.807, 2.05) is 0 Å². The minimum Gasteiger partial charge on any atom is -0.434 e. The Labute approximate surface area is 205 Å². The Hall–Kier alpha value is -3.53. The van der Waals surface area contributed by atoms with Crippen LogP contribution in [0.2, 0.25) is 5.02 Å². The molecule has 1 saturated heterocycles. The number of alkyl halides is 2. The van der Waals surface area contributed by atoms with Crippen LogP contribution in [0.1, 0.15) is 30.1 Å². The van der Waals surface area contributed by atoms with E-state index in [9.17, 15) is 19.2 Å². The summed E-state index contributed by atoms with van der Waals surface area (Å²) in [7, 11) is 0. The van der Waals surface area contributed by atoms with Crippen molar-refractivity contribution in [3.05, 3.63) is 70.7 Å². The van der Waals surface area contributed by atoms with Gasteiger partial charge in [0.15, 0.2) is 6.10 Å². The Kier molecular flexibility index (Phi) is 8.75. The van der Waals surface area contributed by atoms with Gasteiger partial charge in [0.2, 0.25) is 11.8 Å². The minimum atomic E-state index is -3.64. The largest absolute Gasteiger partial charge is 0.434 e. The zero-order chi connectivity index (χ0) is 25.4. The van der Waals surface area contributed by atoms with E-state index in [1.54, 1.807) is 6.07 Å². The van der Waals surface area contributed by atoms with Crippen molar-refractivity contribution in [3.8, 4) is 0 Å². The number of hydrogen-bond acceptors (Lipinski definition) is 5. The van der Waals surface area contributed by atoms with Crippen molar-refractivity contribution >= 4 is 35.8 Å². The molecule has 1 heterocycles. The van der Waals surface area contributed by atoms with E-state index >= 15 is 8.78 Å². The lowest BCUT2D eigenvalue weighted by Gasteiger charge is -2.27. The van der Waals surface area contributed by atoms with Gasteiger partial charge >= 0.3 is 12.0 Å². The quantitative estimate of drug-likeness (QED) is 0.428. The highest BCUT2D eigenvalue weighted by Crippen LogP contribution is 2.43. The number of aldehydes is 1. The van der Waals surface area contributed by atoms with Crippen LogP contribution in [0.4, 0.5) is 13.6 Å². The van der Waals surface area contributed by atoms with E-state index in [4.69, 9.17) is 16.3 Å². The number of hydrogen-bond donors (Lipinski definition) is 3. The maximum atomic E-state index is 15.4. The summed E-state index contributed by atoms with van der Waals surface area (Å²) in [6, 6.07) is 11.6. The van der Waals surface area contributed by atoms with E-state index in [2.05, 4.69) is 16.0 Å². The Balaban J connectivity index is 1.63. The molecule has 2 aromatic rings. The van der Waals surface area contributed by atoms with Crippen LogP contribution in [0.3, 0.4) is 0 Å². The van der Waals surface area contributed by atoms with Crippen LogP contribution in [-0.2, 0) is 25.0 Å². The second-order valence-electron chi connectivity index (χ2n) is 8.01. The lowest BCUT2D eigenvalue weighted by molar-refractivity contribution is -0.126. The third kappa shape index (κ3) is 6.98. The lowest BCUT2D eigenvalue weighted by atomic mass is 9.97. The summed E-state index contributed by atoms with van der Waals surface area (Å²) in [6.45, 7) is -0.122. The molecule has 186 valence electrons. The average molecular weight is 508 g/mol. The predicted molar refractivity (Wildman–Crippen MR) is 123 cm³/mol. The summed E-state index contributed by atoms with van der Waals surface area (Å²) in [4.78, 5) is 47.5. The molecule has 3 atom stereocenters. The molecule has 1 aliphatic rings. The highest BCUT2D eigenvalue weighted by atomic mass is 35.5. The molecule has 3 unspecified atom stereocenters. The molecule has 0 spiro atoms. The normalized spacial score (nSPS) is 17.1. The number of benzene rings is 2. The van der Waals surface area contributed by atoms with E-state index in [0.717, 1.165) is 6.07 Å². The number of halogens is 3. The molecule has 1 fully saturated rings. The molecular weight excluding hydrogens is 484 g/mol. The molecule has 3 N–H and O–H groups in total. The molecule has 0 bridgehead atoms. The van der Waals surface area contributed by atoms with Gasteiger partial charge in [0.25, 0.3) is 0 Å². The second kappa shape index (κ2) is 11.7. The Morgan fingerprint density at radius 2 is 1.94 bits per heavy atom. The zero-order valence-electron chi connectivity index (χ0n) is 18.5. The fraction of sp³-hybridized carbons (Fsp3) is 0.333. The first-order valence-electron chi connectivity index (χ1n) is 10.9. The lowest BCUT2D eigenvalue weighted by Crippen LogP contribution is -2.44. The van der Waals surface area contributed by atoms with Crippen LogP contribution < -0.4 is 16.0 Å². The fourth-order valence-corrected chi connectivity index (χ4v) is 3.90. The summed E-state index contributed by atoms with van der Waals surface area (Å²) in [5.41, 5.74) is -0.415. The maximum Gasteiger partial charge on any atom is 0.408 e. The van der Waals surface area contributed by atoms with Gasteiger partial charge in [-0.15, -0.1) is 0 Å². The van der Waals surface area contributed by atoms with Crippen LogP contribution >= 0.6 is 11.6 Å². The highest BCUT2D eigenvalue weighted by Gasteiger charge is 2.45.